The highest BCUT2D eigenvalue weighted by Gasteiger charge is 2.15. The van der Waals surface area contributed by atoms with Gasteiger partial charge in [0.05, 0.1) is 5.69 Å². The van der Waals surface area contributed by atoms with Gasteiger partial charge in [0.1, 0.15) is 11.5 Å². The van der Waals surface area contributed by atoms with Crippen LogP contribution in [0.15, 0.2) is 34.9 Å². The zero-order valence-electron chi connectivity index (χ0n) is 11.1. The number of anilines is 2. The van der Waals surface area contributed by atoms with Crippen LogP contribution in [-0.2, 0) is 0 Å². The minimum absolute atomic E-state index is 0.121. The highest BCUT2D eigenvalue weighted by Crippen LogP contribution is 2.27. The molecule has 0 radical (unpaired) electrons. The zero-order chi connectivity index (χ0) is 15.4. The molecule has 1 aromatic heterocycles. The molecular weight excluding hydrogens is 344 g/mol. The number of halogens is 3. The van der Waals surface area contributed by atoms with Crippen LogP contribution in [0.4, 0.5) is 20.2 Å². The van der Waals surface area contributed by atoms with Crippen molar-refractivity contribution in [2.24, 2.45) is 0 Å². The lowest BCUT2D eigenvalue weighted by Crippen LogP contribution is -2.15. The molecule has 0 bridgehead atoms. The maximum absolute atomic E-state index is 13.7. The van der Waals surface area contributed by atoms with Gasteiger partial charge in [-0.1, -0.05) is 0 Å². The standard InChI is InChI=1S/C14H12BrF2N3O/c1-2-18-9-3-4-19-12(7-9)14(21)20-13-10(15)5-8(16)6-11(13)17/h3-7H,2H2,1H3,(H,18,19)(H,20,21). The Morgan fingerprint density at radius 3 is 2.76 bits per heavy atom. The molecule has 2 N–H and O–H groups in total. The highest BCUT2D eigenvalue weighted by atomic mass is 79.9. The van der Waals surface area contributed by atoms with Crippen molar-refractivity contribution in [3.05, 3.63) is 52.3 Å². The molecule has 0 spiro atoms. The molecule has 1 aromatic carbocycles. The normalized spacial score (nSPS) is 10.3. The monoisotopic (exact) mass is 355 g/mol. The third kappa shape index (κ3) is 3.75. The van der Waals surface area contributed by atoms with E-state index in [1.165, 1.54) is 6.20 Å². The molecule has 2 aromatic rings. The van der Waals surface area contributed by atoms with Crippen molar-refractivity contribution >= 4 is 33.2 Å². The second-order valence-electron chi connectivity index (χ2n) is 4.16. The number of carbonyl (C=O) groups is 1. The number of rotatable bonds is 4. The van der Waals surface area contributed by atoms with E-state index >= 15 is 0 Å². The summed E-state index contributed by atoms with van der Waals surface area (Å²) in [4.78, 5) is 16.0. The van der Waals surface area contributed by atoms with Gasteiger partial charge in [-0.25, -0.2) is 8.78 Å². The third-order valence-corrected chi connectivity index (χ3v) is 3.24. The fraction of sp³-hybridized carbons (Fsp3) is 0.143. The summed E-state index contributed by atoms with van der Waals surface area (Å²) in [7, 11) is 0. The van der Waals surface area contributed by atoms with Crippen LogP contribution >= 0.6 is 15.9 Å². The van der Waals surface area contributed by atoms with Crippen molar-refractivity contribution in [3.8, 4) is 0 Å². The summed E-state index contributed by atoms with van der Waals surface area (Å²) in [5.74, 6) is -2.18. The molecule has 0 aliphatic carbocycles. The Balaban J connectivity index is 2.24. The van der Waals surface area contributed by atoms with Crippen LogP contribution in [0.25, 0.3) is 0 Å². The lowest BCUT2D eigenvalue weighted by atomic mass is 10.2. The van der Waals surface area contributed by atoms with Gasteiger partial charge >= 0.3 is 0 Å². The summed E-state index contributed by atoms with van der Waals surface area (Å²) in [5, 5.41) is 5.42. The number of amides is 1. The summed E-state index contributed by atoms with van der Waals surface area (Å²) in [5.41, 5.74) is 0.734. The SMILES string of the molecule is CCNc1ccnc(C(=O)Nc2c(F)cc(F)cc2Br)c1. The molecule has 21 heavy (non-hydrogen) atoms. The van der Waals surface area contributed by atoms with Gasteiger partial charge in [0.2, 0.25) is 0 Å². The molecule has 0 saturated heterocycles. The first-order valence-corrected chi connectivity index (χ1v) is 6.96. The van der Waals surface area contributed by atoms with Crippen LogP contribution in [0.2, 0.25) is 0 Å². The Hall–Kier alpha value is -2.02. The van der Waals surface area contributed by atoms with E-state index in [0.29, 0.717) is 12.6 Å². The van der Waals surface area contributed by atoms with Crippen molar-refractivity contribution in [1.29, 1.82) is 0 Å². The number of hydrogen-bond donors (Lipinski definition) is 2. The largest absolute Gasteiger partial charge is 0.385 e. The van der Waals surface area contributed by atoms with Crippen LogP contribution in [0, 0.1) is 11.6 Å². The van der Waals surface area contributed by atoms with Gasteiger partial charge in [-0.2, -0.15) is 0 Å². The van der Waals surface area contributed by atoms with Crippen molar-refractivity contribution in [3.63, 3.8) is 0 Å². The van der Waals surface area contributed by atoms with E-state index in [0.717, 1.165) is 11.8 Å². The number of aromatic nitrogens is 1. The second-order valence-corrected chi connectivity index (χ2v) is 5.01. The molecular formula is C14H12BrF2N3O. The van der Waals surface area contributed by atoms with Gasteiger partial charge < -0.3 is 10.6 Å². The minimum Gasteiger partial charge on any atom is -0.385 e. The molecule has 0 aliphatic heterocycles. The number of benzene rings is 1. The lowest BCUT2D eigenvalue weighted by molar-refractivity contribution is 0.102. The van der Waals surface area contributed by atoms with Gasteiger partial charge in [0.15, 0.2) is 5.82 Å². The van der Waals surface area contributed by atoms with Crippen LogP contribution < -0.4 is 10.6 Å². The summed E-state index contributed by atoms with van der Waals surface area (Å²) in [6, 6.07) is 5.03. The first-order valence-electron chi connectivity index (χ1n) is 6.17. The number of pyridine rings is 1. The molecule has 4 nitrogen and oxygen atoms in total. The van der Waals surface area contributed by atoms with Crippen molar-refractivity contribution in [2.75, 3.05) is 17.2 Å². The molecule has 1 amide bonds. The summed E-state index contributed by atoms with van der Waals surface area (Å²) in [6.45, 7) is 2.62. The van der Waals surface area contributed by atoms with Crippen LogP contribution in [-0.4, -0.2) is 17.4 Å². The highest BCUT2D eigenvalue weighted by molar-refractivity contribution is 9.10. The molecule has 0 atom stereocenters. The fourth-order valence-electron chi connectivity index (χ4n) is 1.71. The van der Waals surface area contributed by atoms with E-state index in [1.54, 1.807) is 12.1 Å². The van der Waals surface area contributed by atoms with E-state index in [1.807, 2.05) is 6.92 Å². The summed E-state index contributed by atoms with van der Waals surface area (Å²) < 4.78 is 26.8. The van der Waals surface area contributed by atoms with Gasteiger partial charge in [-0.05, 0) is 41.1 Å². The van der Waals surface area contributed by atoms with Crippen LogP contribution in [0.1, 0.15) is 17.4 Å². The van der Waals surface area contributed by atoms with Crippen LogP contribution in [0.3, 0.4) is 0 Å². The van der Waals surface area contributed by atoms with Crippen molar-refractivity contribution in [2.45, 2.75) is 6.92 Å². The molecule has 0 fully saturated rings. The Kier molecular flexibility index (Phi) is 4.85. The Morgan fingerprint density at radius 1 is 1.33 bits per heavy atom. The first kappa shape index (κ1) is 15.4. The topological polar surface area (TPSA) is 54.0 Å². The Bertz CT molecular complexity index is 656. The zero-order valence-corrected chi connectivity index (χ0v) is 12.7. The smallest absolute Gasteiger partial charge is 0.274 e. The molecule has 0 unspecified atom stereocenters. The van der Waals surface area contributed by atoms with Gasteiger partial charge in [-0.3, -0.25) is 9.78 Å². The maximum atomic E-state index is 13.7. The van der Waals surface area contributed by atoms with Gasteiger partial charge in [-0.15, -0.1) is 0 Å². The number of carbonyl (C=O) groups excluding carboxylic acids is 1. The predicted octanol–water partition coefficient (Wildman–Crippen LogP) is 3.81. The Labute approximate surface area is 128 Å². The molecule has 110 valence electrons. The predicted molar refractivity (Wildman–Crippen MR) is 80.4 cm³/mol. The number of nitrogens with one attached hydrogen (secondary N) is 2. The average Bonchev–Trinajstić information content (AvgIpc) is 2.43. The van der Waals surface area contributed by atoms with E-state index in [9.17, 15) is 13.6 Å². The molecule has 0 saturated carbocycles. The third-order valence-electron chi connectivity index (χ3n) is 2.62. The summed E-state index contributed by atoms with van der Waals surface area (Å²) in [6.07, 6.45) is 1.48. The lowest BCUT2D eigenvalue weighted by Gasteiger charge is -2.09. The number of nitrogens with zero attached hydrogens (tertiary/aromatic N) is 1. The van der Waals surface area contributed by atoms with E-state index in [-0.39, 0.29) is 15.9 Å². The minimum atomic E-state index is -0.863. The molecule has 0 aliphatic rings. The number of hydrogen-bond acceptors (Lipinski definition) is 3. The van der Waals surface area contributed by atoms with Gasteiger partial charge in [0, 0.05) is 29.0 Å². The molecule has 7 heteroatoms. The van der Waals surface area contributed by atoms with Crippen molar-refractivity contribution in [1.82, 2.24) is 4.98 Å². The van der Waals surface area contributed by atoms with Crippen molar-refractivity contribution < 1.29 is 13.6 Å². The van der Waals surface area contributed by atoms with E-state index in [2.05, 4.69) is 31.5 Å². The summed E-state index contributed by atoms with van der Waals surface area (Å²) >= 11 is 3.01. The van der Waals surface area contributed by atoms with E-state index < -0.39 is 17.5 Å². The maximum Gasteiger partial charge on any atom is 0.274 e. The Morgan fingerprint density at radius 2 is 2.10 bits per heavy atom. The average molecular weight is 356 g/mol. The second kappa shape index (κ2) is 6.62. The fourth-order valence-corrected chi connectivity index (χ4v) is 2.22. The van der Waals surface area contributed by atoms with E-state index in [4.69, 9.17) is 0 Å². The van der Waals surface area contributed by atoms with Crippen LogP contribution in [0.5, 0.6) is 0 Å². The molecule has 2 rings (SSSR count). The first-order chi connectivity index (χ1) is 10.0. The quantitative estimate of drug-likeness (QED) is 0.876. The van der Waals surface area contributed by atoms with Gasteiger partial charge in [0.25, 0.3) is 5.91 Å². The molecule has 1 heterocycles.